The van der Waals surface area contributed by atoms with E-state index in [0.29, 0.717) is 5.02 Å². The molecule has 0 atom stereocenters. The van der Waals surface area contributed by atoms with Gasteiger partial charge in [0.25, 0.3) is 0 Å². The van der Waals surface area contributed by atoms with Gasteiger partial charge in [-0.2, -0.15) is 4.99 Å². The average Bonchev–Trinajstić information content (AvgIpc) is 2.67. The van der Waals surface area contributed by atoms with Gasteiger partial charge in [-0.05, 0) is 30.5 Å². The SMILES string of the molecule is O=C=NC1(c2ccc(O)cc2Cl)CCCC1. The molecule has 16 heavy (non-hydrogen) atoms. The van der Waals surface area contributed by atoms with Crippen molar-refractivity contribution in [2.24, 2.45) is 4.99 Å². The lowest BCUT2D eigenvalue weighted by Crippen LogP contribution is -2.19. The third-order valence-corrected chi connectivity index (χ3v) is 3.46. The van der Waals surface area contributed by atoms with Crippen molar-refractivity contribution in [2.75, 3.05) is 0 Å². The molecule has 1 N–H and O–H groups in total. The summed E-state index contributed by atoms with van der Waals surface area (Å²) >= 11 is 6.09. The molecule has 84 valence electrons. The summed E-state index contributed by atoms with van der Waals surface area (Å²) < 4.78 is 0. The van der Waals surface area contributed by atoms with Crippen LogP contribution in [0.3, 0.4) is 0 Å². The Bertz CT molecular complexity index is 446. The zero-order valence-corrected chi connectivity index (χ0v) is 9.50. The highest BCUT2D eigenvalue weighted by atomic mass is 35.5. The Hall–Kier alpha value is -1.31. The first-order valence-corrected chi connectivity index (χ1v) is 5.64. The van der Waals surface area contributed by atoms with Crippen LogP contribution in [0, 0.1) is 0 Å². The van der Waals surface area contributed by atoms with E-state index in [9.17, 15) is 9.90 Å². The number of aliphatic imine (C=N–C) groups is 1. The van der Waals surface area contributed by atoms with E-state index in [1.807, 2.05) is 0 Å². The highest BCUT2D eigenvalue weighted by Crippen LogP contribution is 2.45. The lowest BCUT2D eigenvalue weighted by molar-refractivity contribution is 0.451. The third kappa shape index (κ3) is 1.84. The summed E-state index contributed by atoms with van der Waals surface area (Å²) in [6.07, 6.45) is 5.33. The minimum absolute atomic E-state index is 0.122. The quantitative estimate of drug-likeness (QED) is 0.635. The second-order valence-electron chi connectivity index (χ2n) is 4.11. The molecule has 1 saturated carbocycles. The van der Waals surface area contributed by atoms with Gasteiger partial charge in [0.2, 0.25) is 6.08 Å². The molecule has 0 radical (unpaired) electrons. The molecule has 0 amide bonds. The van der Waals surface area contributed by atoms with Crippen LogP contribution in [0.25, 0.3) is 0 Å². The zero-order chi connectivity index (χ0) is 11.6. The van der Waals surface area contributed by atoms with Gasteiger partial charge in [0.05, 0.1) is 5.54 Å². The summed E-state index contributed by atoms with van der Waals surface area (Å²) in [7, 11) is 0. The molecule has 2 rings (SSSR count). The van der Waals surface area contributed by atoms with E-state index < -0.39 is 5.54 Å². The van der Waals surface area contributed by atoms with Crippen LogP contribution in [0.1, 0.15) is 31.2 Å². The summed E-state index contributed by atoms with van der Waals surface area (Å²) in [5.41, 5.74) is 0.291. The topological polar surface area (TPSA) is 49.7 Å². The fourth-order valence-electron chi connectivity index (χ4n) is 2.37. The van der Waals surface area contributed by atoms with Crippen molar-refractivity contribution < 1.29 is 9.90 Å². The molecular formula is C12H12ClNO2. The van der Waals surface area contributed by atoms with Crippen LogP contribution in [0.2, 0.25) is 5.02 Å². The summed E-state index contributed by atoms with van der Waals surface area (Å²) in [4.78, 5) is 14.5. The van der Waals surface area contributed by atoms with Crippen molar-refractivity contribution in [1.82, 2.24) is 0 Å². The monoisotopic (exact) mass is 237 g/mol. The Balaban J connectivity index is 2.51. The van der Waals surface area contributed by atoms with Crippen LogP contribution in [0.15, 0.2) is 23.2 Å². The maximum Gasteiger partial charge on any atom is 0.235 e. The predicted octanol–water partition coefficient (Wildman–Crippen LogP) is 3.15. The van der Waals surface area contributed by atoms with Crippen LogP contribution < -0.4 is 0 Å². The lowest BCUT2D eigenvalue weighted by Gasteiger charge is -2.23. The number of hydrogen-bond acceptors (Lipinski definition) is 3. The van der Waals surface area contributed by atoms with Gasteiger partial charge in [-0.25, -0.2) is 4.79 Å². The van der Waals surface area contributed by atoms with Crippen molar-refractivity contribution in [3.05, 3.63) is 28.8 Å². The summed E-state index contributed by atoms with van der Waals surface area (Å²) in [6, 6.07) is 4.79. The molecule has 0 saturated heterocycles. The first-order valence-electron chi connectivity index (χ1n) is 5.26. The number of halogens is 1. The molecule has 3 nitrogen and oxygen atoms in total. The Morgan fingerprint density at radius 3 is 2.62 bits per heavy atom. The molecule has 1 aliphatic rings. The number of nitrogens with zero attached hydrogens (tertiary/aromatic N) is 1. The zero-order valence-electron chi connectivity index (χ0n) is 8.74. The summed E-state index contributed by atoms with van der Waals surface area (Å²) in [5.74, 6) is 0.122. The van der Waals surface area contributed by atoms with E-state index in [4.69, 9.17) is 11.6 Å². The van der Waals surface area contributed by atoms with E-state index in [2.05, 4.69) is 4.99 Å². The van der Waals surface area contributed by atoms with Crippen LogP contribution in [-0.2, 0) is 10.3 Å². The van der Waals surface area contributed by atoms with E-state index >= 15 is 0 Å². The van der Waals surface area contributed by atoms with Gasteiger partial charge >= 0.3 is 0 Å². The molecule has 1 aliphatic carbocycles. The van der Waals surface area contributed by atoms with Crippen LogP contribution in [0.4, 0.5) is 0 Å². The molecule has 4 heteroatoms. The number of carbonyl (C=O) groups excluding carboxylic acids is 1. The summed E-state index contributed by atoms with van der Waals surface area (Å²) in [6.45, 7) is 0. The van der Waals surface area contributed by atoms with E-state index in [1.165, 1.54) is 6.07 Å². The van der Waals surface area contributed by atoms with Crippen molar-refractivity contribution in [1.29, 1.82) is 0 Å². The van der Waals surface area contributed by atoms with Gasteiger partial charge in [0.15, 0.2) is 0 Å². The van der Waals surface area contributed by atoms with Crippen molar-refractivity contribution in [3.8, 4) is 5.75 Å². The molecule has 0 aliphatic heterocycles. The van der Waals surface area contributed by atoms with Gasteiger partial charge in [0.1, 0.15) is 5.75 Å². The maximum absolute atomic E-state index is 10.5. The fraction of sp³-hybridized carbons (Fsp3) is 0.417. The minimum atomic E-state index is -0.521. The number of phenolic OH excluding ortho intramolecular Hbond substituents is 1. The largest absolute Gasteiger partial charge is 0.508 e. The molecular weight excluding hydrogens is 226 g/mol. The summed E-state index contributed by atoms with van der Waals surface area (Å²) in [5, 5.41) is 9.76. The van der Waals surface area contributed by atoms with Gasteiger partial charge < -0.3 is 5.11 Å². The van der Waals surface area contributed by atoms with Crippen molar-refractivity contribution in [2.45, 2.75) is 31.2 Å². The first kappa shape index (κ1) is 11.2. The van der Waals surface area contributed by atoms with Gasteiger partial charge in [0, 0.05) is 5.02 Å². The predicted molar refractivity (Wildman–Crippen MR) is 61.4 cm³/mol. The highest BCUT2D eigenvalue weighted by molar-refractivity contribution is 6.31. The van der Waals surface area contributed by atoms with Crippen LogP contribution >= 0.6 is 11.6 Å². The number of isocyanates is 1. The minimum Gasteiger partial charge on any atom is -0.508 e. The van der Waals surface area contributed by atoms with Gasteiger partial charge in [-0.15, -0.1) is 0 Å². The van der Waals surface area contributed by atoms with E-state index in [-0.39, 0.29) is 5.75 Å². The molecule has 0 bridgehead atoms. The molecule has 1 aromatic rings. The Labute approximate surface area is 98.8 Å². The average molecular weight is 238 g/mol. The van der Waals surface area contributed by atoms with Crippen LogP contribution in [0.5, 0.6) is 5.75 Å². The maximum atomic E-state index is 10.5. The number of hydrogen-bond donors (Lipinski definition) is 1. The normalized spacial score (nSPS) is 18.1. The number of phenols is 1. The highest BCUT2D eigenvalue weighted by Gasteiger charge is 2.37. The van der Waals surface area contributed by atoms with Gasteiger partial charge in [-0.1, -0.05) is 30.5 Å². The molecule has 0 unspecified atom stereocenters. The van der Waals surface area contributed by atoms with Gasteiger partial charge in [-0.3, -0.25) is 0 Å². The fourth-order valence-corrected chi connectivity index (χ4v) is 2.72. The molecule has 0 heterocycles. The van der Waals surface area contributed by atoms with Crippen molar-refractivity contribution >= 4 is 17.7 Å². The number of aromatic hydroxyl groups is 1. The number of benzene rings is 1. The smallest absolute Gasteiger partial charge is 0.235 e. The molecule has 1 fully saturated rings. The second kappa shape index (κ2) is 4.28. The molecule has 0 spiro atoms. The Morgan fingerprint density at radius 2 is 2.06 bits per heavy atom. The van der Waals surface area contributed by atoms with Crippen LogP contribution in [-0.4, -0.2) is 11.2 Å². The Morgan fingerprint density at radius 1 is 1.38 bits per heavy atom. The standard InChI is InChI=1S/C12H12ClNO2/c13-11-7-9(16)3-4-10(11)12(14-8-15)5-1-2-6-12/h3-4,7,16H,1-2,5-6H2. The van der Waals surface area contributed by atoms with E-state index in [0.717, 1.165) is 31.2 Å². The third-order valence-electron chi connectivity index (χ3n) is 3.14. The van der Waals surface area contributed by atoms with Crippen molar-refractivity contribution in [3.63, 3.8) is 0 Å². The molecule has 0 aromatic heterocycles. The second-order valence-corrected chi connectivity index (χ2v) is 4.51. The number of rotatable bonds is 2. The lowest BCUT2D eigenvalue weighted by atomic mass is 9.89. The Kier molecular flexibility index (Phi) is 2.99. The molecule has 1 aromatic carbocycles. The first-order chi connectivity index (χ1) is 7.68. The van der Waals surface area contributed by atoms with E-state index in [1.54, 1.807) is 18.2 Å².